The molecule has 2 aliphatic heterocycles. The number of carboxylic acid groups (broad SMARTS) is 1. The number of benzene rings is 1. The zero-order chi connectivity index (χ0) is 16.8. The maximum Gasteiger partial charge on any atom is 0.341 e. The fourth-order valence-corrected chi connectivity index (χ4v) is 3.97. The van der Waals surface area contributed by atoms with E-state index in [-0.39, 0.29) is 9.13 Å². The van der Waals surface area contributed by atoms with Crippen LogP contribution in [0.3, 0.4) is 0 Å². The van der Waals surface area contributed by atoms with Gasteiger partial charge in [0.2, 0.25) is 0 Å². The molecular weight excluding hydrogens is 413 g/mol. The molecular formula is C15H20IN3O4. The van der Waals surface area contributed by atoms with Crippen molar-refractivity contribution in [1.82, 2.24) is 9.80 Å². The summed E-state index contributed by atoms with van der Waals surface area (Å²) in [5.74, 6) is 0.0158. The minimum Gasteiger partial charge on any atom is -0.478 e. The van der Waals surface area contributed by atoms with Crippen molar-refractivity contribution in [2.75, 3.05) is 33.2 Å². The van der Waals surface area contributed by atoms with Crippen LogP contribution in [0.1, 0.15) is 23.2 Å². The van der Waals surface area contributed by atoms with E-state index in [4.69, 9.17) is 5.11 Å². The summed E-state index contributed by atoms with van der Waals surface area (Å²) >= 11 is -3.67. The maximum atomic E-state index is 10.6. The Hall–Kier alpha value is -1.71. The van der Waals surface area contributed by atoms with Crippen molar-refractivity contribution >= 4 is 31.7 Å². The van der Waals surface area contributed by atoms with E-state index in [0.717, 1.165) is 6.54 Å². The fraction of sp³-hybridized carbons (Fsp3) is 0.467. The van der Waals surface area contributed by atoms with Crippen molar-refractivity contribution in [1.29, 1.82) is 0 Å². The lowest BCUT2D eigenvalue weighted by atomic mass is 10.2. The molecule has 2 heterocycles. The van der Waals surface area contributed by atoms with Gasteiger partial charge in [0.15, 0.2) is 5.96 Å². The summed E-state index contributed by atoms with van der Waals surface area (Å²) in [5.41, 5.74) is -0.146. The van der Waals surface area contributed by atoms with Crippen LogP contribution in [0.5, 0.6) is 0 Å². The third kappa shape index (κ3) is 4.63. The van der Waals surface area contributed by atoms with Crippen molar-refractivity contribution in [2.24, 2.45) is 4.99 Å². The van der Waals surface area contributed by atoms with Gasteiger partial charge >= 0.3 is 25.8 Å². The first-order valence-electron chi connectivity index (χ1n) is 7.39. The van der Waals surface area contributed by atoms with Crippen molar-refractivity contribution in [2.45, 2.75) is 12.8 Å². The minimum absolute atomic E-state index is 0.0609. The highest BCUT2D eigenvalue weighted by molar-refractivity contribution is 14.2. The topological polar surface area (TPSA) is 90.3 Å². The molecule has 0 unspecified atom stereocenters. The zero-order valence-electron chi connectivity index (χ0n) is 12.9. The van der Waals surface area contributed by atoms with Crippen LogP contribution >= 0.6 is 19.8 Å². The smallest absolute Gasteiger partial charge is 0.341 e. The zero-order valence-corrected chi connectivity index (χ0v) is 15.1. The van der Waals surface area contributed by atoms with Crippen molar-refractivity contribution in [3.8, 4) is 0 Å². The lowest BCUT2D eigenvalue weighted by molar-refractivity contribution is 0.0695. The highest BCUT2D eigenvalue weighted by Crippen LogP contribution is 2.21. The van der Waals surface area contributed by atoms with Crippen LogP contribution in [0.2, 0.25) is 0 Å². The van der Waals surface area contributed by atoms with Gasteiger partial charge in [-0.25, -0.2) is 10.9 Å². The Morgan fingerprint density at radius 1 is 1.17 bits per heavy atom. The van der Waals surface area contributed by atoms with Crippen molar-refractivity contribution < 1.29 is 16.0 Å². The van der Waals surface area contributed by atoms with Gasteiger partial charge in [-0.1, -0.05) is 12.1 Å². The standard InChI is InChI=1S/C8H15N3.C7H5IO4/c1-10-5-3-7-11-6-2-4-9-8(10)11;9-7(10)5-3-1-2-4-6(5)8(11)12/h2-7H2,1H3;1-4H,(H,9,10). The molecule has 0 bridgehead atoms. The molecule has 1 aromatic carbocycles. The molecule has 7 nitrogen and oxygen atoms in total. The monoisotopic (exact) mass is 433 g/mol. The van der Waals surface area contributed by atoms with Gasteiger partial charge in [0.1, 0.15) is 0 Å². The molecule has 3 rings (SSSR count). The molecule has 1 fully saturated rings. The second-order valence-electron chi connectivity index (χ2n) is 5.30. The quantitative estimate of drug-likeness (QED) is 0.719. The molecule has 0 atom stereocenters. The summed E-state index contributed by atoms with van der Waals surface area (Å²) in [6.45, 7) is 4.62. The molecule has 23 heavy (non-hydrogen) atoms. The van der Waals surface area contributed by atoms with Gasteiger partial charge in [-0.2, -0.15) is 0 Å². The van der Waals surface area contributed by atoms with Crippen LogP contribution < -0.4 is 0 Å². The van der Waals surface area contributed by atoms with E-state index in [1.807, 2.05) is 0 Å². The van der Waals surface area contributed by atoms with Crippen LogP contribution in [-0.4, -0.2) is 60.1 Å². The third-order valence-electron chi connectivity index (χ3n) is 3.66. The van der Waals surface area contributed by atoms with Crippen LogP contribution in [0.15, 0.2) is 29.3 Å². The first kappa shape index (κ1) is 17.6. The van der Waals surface area contributed by atoms with E-state index in [1.54, 1.807) is 0 Å². The van der Waals surface area contributed by atoms with E-state index in [2.05, 4.69) is 21.8 Å². The number of carboxylic acids is 1. The number of guanidine groups is 1. The highest BCUT2D eigenvalue weighted by Gasteiger charge is 2.22. The molecule has 0 spiro atoms. The number of nitrogens with zero attached hydrogens (tertiary/aromatic N) is 3. The van der Waals surface area contributed by atoms with Crippen LogP contribution in [0.25, 0.3) is 0 Å². The van der Waals surface area contributed by atoms with E-state index in [0.29, 0.717) is 0 Å². The van der Waals surface area contributed by atoms with Crippen LogP contribution in [0.4, 0.5) is 0 Å². The Morgan fingerprint density at radius 3 is 2.48 bits per heavy atom. The second kappa shape index (κ2) is 8.23. The third-order valence-corrected chi connectivity index (χ3v) is 5.55. The second-order valence-corrected chi connectivity index (χ2v) is 7.70. The lowest BCUT2D eigenvalue weighted by Gasteiger charge is -2.39. The first-order valence-corrected chi connectivity index (χ1v) is 10.2. The Labute approximate surface area is 142 Å². The summed E-state index contributed by atoms with van der Waals surface area (Å²) in [4.78, 5) is 19.6. The molecule has 1 saturated heterocycles. The molecule has 8 heteroatoms. The molecule has 126 valence electrons. The van der Waals surface area contributed by atoms with E-state index >= 15 is 0 Å². The summed E-state index contributed by atoms with van der Waals surface area (Å²) in [7, 11) is 2.14. The highest BCUT2D eigenvalue weighted by atomic mass is 127. The van der Waals surface area contributed by atoms with Crippen molar-refractivity contribution in [3.63, 3.8) is 0 Å². The molecule has 1 aromatic rings. The van der Waals surface area contributed by atoms with Gasteiger partial charge < -0.3 is 14.9 Å². The van der Waals surface area contributed by atoms with Gasteiger partial charge in [0, 0.05) is 33.2 Å². The van der Waals surface area contributed by atoms with Gasteiger partial charge in [-0.15, -0.1) is 0 Å². The number of fused-ring (bicyclic) bond motifs is 1. The number of halogens is 1. The number of hydrogen-bond donors (Lipinski definition) is 1. The van der Waals surface area contributed by atoms with E-state index < -0.39 is 25.8 Å². The largest absolute Gasteiger partial charge is 0.478 e. The predicted octanol–water partition coefficient (Wildman–Crippen LogP) is 2.14. The molecule has 0 aromatic heterocycles. The van der Waals surface area contributed by atoms with Gasteiger partial charge in [-0.05, 0) is 25.0 Å². The van der Waals surface area contributed by atoms with Gasteiger partial charge in [0.05, 0.1) is 9.13 Å². The number of carbonyl (C=O) groups is 1. The first-order chi connectivity index (χ1) is 11.0. The van der Waals surface area contributed by atoms with E-state index in [1.165, 1.54) is 62.7 Å². The van der Waals surface area contributed by atoms with E-state index in [9.17, 15) is 10.9 Å². The number of rotatable bonds is 2. The van der Waals surface area contributed by atoms with Gasteiger partial charge in [-0.3, -0.25) is 4.99 Å². The Balaban J connectivity index is 0.000000167. The molecule has 0 amide bonds. The average Bonchev–Trinajstić information content (AvgIpc) is 2.56. The number of hydrogen-bond acceptors (Lipinski definition) is 6. The Morgan fingerprint density at radius 2 is 1.87 bits per heavy atom. The predicted molar refractivity (Wildman–Crippen MR) is 93.2 cm³/mol. The minimum atomic E-state index is -3.67. The maximum absolute atomic E-state index is 10.6. The molecule has 0 aliphatic carbocycles. The normalized spacial score (nSPS) is 17.0. The molecule has 0 radical (unpaired) electrons. The summed E-state index contributed by atoms with van der Waals surface area (Å²) in [6.07, 6.45) is 2.52. The number of aromatic carboxylic acids is 1. The summed E-state index contributed by atoms with van der Waals surface area (Å²) in [5, 5.41) is 8.56. The lowest BCUT2D eigenvalue weighted by Crippen LogP contribution is -2.50. The van der Waals surface area contributed by atoms with Crippen LogP contribution in [-0.2, 0) is 6.14 Å². The number of aliphatic imine (C=N–C) groups is 1. The molecule has 1 N–H and O–H groups in total. The molecule has 2 aliphatic rings. The summed E-state index contributed by atoms with van der Waals surface area (Å²) in [6, 6.07) is 5.57. The average molecular weight is 433 g/mol. The Bertz CT molecular complexity index is 664. The molecule has 0 saturated carbocycles. The van der Waals surface area contributed by atoms with Crippen molar-refractivity contribution in [3.05, 3.63) is 33.4 Å². The van der Waals surface area contributed by atoms with Crippen LogP contribution in [0, 0.1) is 3.57 Å². The fourth-order valence-electron chi connectivity index (χ4n) is 2.58. The SMILES string of the molecule is CN1CCCN2CCCN=C12.O=C(O)c1ccccc1I(=O)=O. The Kier molecular flexibility index (Phi) is 6.31. The summed E-state index contributed by atoms with van der Waals surface area (Å²) < 4.78 is 21.1. The van der Waals surface area contributed by atoms with Gasteiger partial charge in [0.25, 0.3) is 0 Å².